The highest BCUT2D eigenvalue weighted by atomic mass is 19.1. The molecule has 0 bridgehead atoms. The molecule has 1 aliphatic rings. The minimum Gasteiger partial charge on any atom is -0.392 e. The van der Waals surface area contributed by atoms with Crippen molar-refractivity contribution in [2.75, 3.05) is 0 Å². The lowest BCUT2D eigenvalue weighted by Crippen LogP contribution is -2.40. The molecule has 9 heavy (non-hydrogen) atoms. The fourth-order valence-electron chi connectivity index (χ4n) is 1.14. The summed E-state index contributed by atoms with van der Waals surface area (Å²) in [5, 5.41) is 9.00. The largest absolute Gasteiger partial charge is 0.392 e. The summed E-state index contributed by atoms with van der Waals surface area (Å²) in [6.07, 6.45) is 0.0404. The van der Waals surface area contributed by atoms with Gasteiger partial charge in [-0.25, -0.2) is 4.39 Å². The molecule has 1 saturated carbocycles. The third kappa shape index (κ3) is 1.63. The Balaban J connectivity index is 2.35. The number of nitrogens with two attached hydrogens (primary N) is 1. The van der Waals surface area contributed by atoms with Gasteiger partial charge in [-0.05, 0) is 19.3 Å². The van der Waals surface area contributed by atoms with E-state index in [0.717, 1.165) is 0 Å². The Kier molecular flexibility index (Phi) is 2.03. The van der Waals surface area contributed by atoms with Crippen LogP contribution < -0.4 is 5.73 Å². The van der Waals surface area contributed by atoms with Gasteiger partial charge >= 0.3 is 0 Å². The van der Waals surface area contributed by atoms with Crippen LogP contribution in [0.4, 0.5) is 4.39 Å². The van der Waals surface area contributed by atoms with Crippen molar-refractivity contribution >= 4 is 0 Å². The molecule has 1 rings (SSSR count). The van der Waals surface area contributed by atoms with E-state index in [4.69, 9.17) is 10.8 Å². The number of hydrogen-bond acceptors (Lipinski definition) is 2. The van der Waals surface area contributed by atoms with E-state index in [2.05, 4.69) is 0 Å². The van der Waals surface area contributed by atoms with Gasteiger partial charge in [0.05, 0.1) is 6.10 Å². The normalized spacial score (nSPS) is 45.0. The van der Waals surface area contributed by atoms with Gasteiger partial charge in [0.2, 0.25) is 0 Å². The SMILES string of the molecule is NC1CC(F)CCC1O. The quantitative estimate of drug-likeness (QED) is 0.495. The molecule has 3 heteroatoms. The Hall–Kier alpha value is -0.150. The molecule has 0 aromatic carbocycles. The lowest BCUT2D eigenvalue weighted by atomic mass is 9.92. The van der Waals surface area contributed by atoms with Crippen molar-refractivity contribution in [3.63, 3.8) is 0 Å². The first-order valence-electron chi connectivity index (χ1n) is 3.28. The molecule has 1 fully saturated rings. The van der Waals surface area contributed by atoms with E-state index in [9.17, 15) is 4.39 Å². The maximum atomic E-state index is 12.4. The molecule has 54 valence electrons. The summed E-state index contributed by atoms with van der Waals surface area (Å²) >= 11 is 0. The van der Waals surface area contributed by atoms with Crippen molar-refractivity contribution in [1.29, 1.82) is 0 Å². The predicted octanol–water partition coefficient (Wildman–Crippen LogP) is 0.197. The van der Waals surface area contributed by atoms with E-state index in [0.29, 0.717) is 19.3 Å². The Morgan fingerprint density at radius 3 is 2.56 bits per heavy atom. The lowest BCUT2D eigenvalue weighted by molar-refractivity contribution is 0.0737. The Bertz CT molecular complexity index is 99.1. The van der Waals surface area contributed by atoms with Crippen LogP contribution in [-0.2, 0) is 0 Å². The number of aliphatic hydroxyl groups is 1. The van der Waals surface area contributed by atoms with Gasteiger partial charge in [-0.3, -0.25) is 0 Å². The first-order valence-corrected chi connectivity index (χ1v) is 3.28. The molecule has 0 aromatic rings. The summed E-state index contributed by atoms with van der Waals surface area (Å²) in [5.41, 5.74) is 5.38. The van der Waals surface area contributed by atoms with Gasteiger partial charge in [-0.15, -0.1) is 0 Å². The number of hydrogen-bond donors (Lipinski definition) is 2. The molecule has 0 amide bonds. The third-order valence-corrected chi connectivity index (χ3v) is 1.80. The van der Waals surface area contributed by atoms with Crippen LogP contribution in [0, 0.1) is 0 Å². The average molecular weight is 133 g/mol. The molecule has 0 heterocycles. The maximum Gasteiger partial charge on any atom is 0.102 e. The summed E-state index contributed by atoms with van der Waals surface area (Å²) in [7, 11) is 0. The molecular formula is C6H12FNO. The van der Waals surface area contributed by atoms with Crippen molar-refractivity contribution in [1.82, 2.24) is 0 Å². The number of halogens is 1. The third-order valence-electron chi connectivity index (χ3n) is 1.80. The summed E-state index contributed by atoms with van der Waals surface area (Å²) < 4.78 is 12.4. The van der Waals surface area contributed by atoms with Crippen LogP contribution in [0.5, 0.6) is 0 Å². The number of alkyl halides is 1. The van der Waals surface area contributed by atoms with E-state index in [1.54, 1.807) is 0 Å². The summed E-state index contributed by atoms with van der Waals surface area (Å²) in [4.78, 5) is 0. The van der Waals surface area contributed by atoms with Crippen molar-refractivity contribution in [2.45, 2.75) is 37.6 Å². The zero-order chi connectivity index (χ0) is 6.85. The first-order chi connectivity index (χ1) is 4.20. The molecule has 0 spiro atoms. The molecule has 3 atom stereocenters. The monoisotopic (exact) mass is 133 g/mol. The highest BCUT2D eigenvalue weighted by Crippen LogP contribution is 2.19. The van der Waals surface area contributed by atoms with Gasteiger partial charge in [0, 0.05) is 6.04 Å². The molecule has 1 aliphatic carbocycles. The van der Waals surface area contributed by atoms with Crippen LogP contribution in [0.1, 0.15) is 19.3 Å². The van der Waals surface area contributed by atoms with Gasteiger partial charge in [-0.1, -0.05) is 0 Å². The number of rotatable bonds is 0. The Morgan fingerprint density at radius 2 is 2.11 bits per heavy atom. The fraction of sp³-hybridized carbons (Fsp3) is 1.00. The minimum absolute atomic E-state index is 0.321. The van der Waals surface area contributed by atoms with Crippen LogP contribution in [0.25, 0.3) is 0 Å². The zero-order valence-electron chi connectivity index (χ0n) is 5.26. The van der Waals surface area contributed by atoms with Crippen LogP contribution in [0.2, 0.25) is 0 Å². The number of aliphatic hydroxyl groups excluding tert-OH is 1. The van der Waals surface area contributed by atoms with Gasteiger partial charge in [0.15, 0.2) is 0 Å². The standard InChI is InChI=1S/C6H12FNO/c7-4-1-2-6(9)5(8)3-4/h4-6,9H,1-3,8H2. The van der Waals surface area contributed by atoms with E-state index in [-0.39, 0.29) is 6.04 Å². The smallest absolute Gasteiger partial charge is 0.102 e. The van der Waals surface area contributed by atoms with E-state index < -0.39 is 12.3 Å². The molecule has 3 N–H and O–H groups in total. The maximum absolute atomic E-state index is 12.4. The van der Waals surface area contributed by atoms with Crippen molar-refractivity contribution in [3.8, 4) is 0 Å². The average Bonchev–Trinajstić information content (AvgIpc) is 1.80. The summed E-state index contributed by atoms with van der Waals surface area (Å²) in [5.74, 6) is 0. The van der Waals surface area contributed by atoms with Crippen molar-refractivity contribution in [2.24, 2.45) is 5.73 Å². The second-order valence-corrected chi connectivity index (χ2v) is 2.64. The van der Waals surface area contributed by atoms with E-state index in [1.165, 1.54) is 0 Å². The minimum atomic E-state index is -0.789. The second-order valence-electron chi connectivity index (χ2n) is 2.64. The molecule has 3 unspecified atom stereocenters. The predicted molar refractivity (Wildman–Crippen MR) is 32.7 cm³/mol. The molecule has 2 nitrogen and oxygen atoms in total. The van der Waals surface area contributed by atoms with Crippen LogP contribution >= 0.6 is 0 Å². The van der Waals surface area contributed by atoms with E-state index in [1.807, 2.05) is 0 Å². The highest BCUT2D eigenvalue weighted by molar-refractivity contribution is 4.81. The summed E-state index contributed by atoms with van der Waals surface area (Å²) in [6, 6.07) is -0.339. The molecule has 0 aliphatic heterocycles. The van der Waals surface area contributed by atoms with Crippen LogP contribution in [0.3, 0.4) is 0 Å². The molecule has 0 aromatic heterocycles. The second kappa shape index (κ2) is 2.62. The van der Waals surface area contributed by atoms with Gasteiger partial charge in [-0.2, -0.15) is 0 Å². The first kappa shape index (κ1) is 6.96. The molecule has 0 radical (unpaired) electrons. The van der Waals surface area contributed by atoms with Crippen molar-refractivity contribution < 1.29 is 9.50 Å². The zero-order valence-corrected chi connectivity index (χ0v) is 5.26. The molecule has 0 saturated heterocycles. The lowest BCUT2D eigenvalue weighted by Gasteiger charge is -2.26. The molecular weight excluding hydrogens is 121 g/mol. The summed E-state index contributed by atoms with van der Waals surface area (Å²) in [6.45, 7) is 0. The van der Waals surface area contributed by atoms with E-state index >= 15 is 0 Å². The van der Waals surface area contributed by atoms with Crippen molar-refractivity contribution in [3.05, 3.63) is 0 Å². The Labute approximate surface area is 53.9 Å². The van der Waals surface area contributed by atoms with Gasteiger partial charge in [0.25, 0.3) is 0 Å². The van der Waals surface area contributed by atoms with Gasteiger partial charge < -0.3 is 10.8 Å². The fourth-order valence-corrected chi connectivity index (χ4v) is 1.14. The van der Waals surface area contributed by atoms with Gasteiger partial charge in [0.1, 0.15) is 6.17 Å². The topological polar surface area (TPSA) is 46.2 Å². The Morgan fingerprint density at radius 1 is 1.44 bits per heavy atom. The van der Waals surface area contributed by atoms with Crippen LogP contribution in [-0.4, -0.2) is 23.4 Å². The van der Waals surface area contributed by atoms with Crippen LogP contribution in [0.15, 0.2) is 0 Å². The highest BCUT2D eigenvalue weighted by Gasteiger charge is 2.25.